The number of rotatable bonds is 6. The second-order valence-electron chi connectivity index (χ2n) is 3.41. The fourth-order valence-electron chi connectivity index (χ4n) is 1.37. The zero-order chi connectivity index (χ0) is 11.1. The maximum atomic E-state index is 5.56. The lowest BCUT2D eigenvalue weighted by Gasteiger charge is -2.18. The molecule has 0 bridgehead atoms. The summed E-state index contributed by atoms with van der Waals surface area (Å²) in [5.41, 5.74) is 0. The van der Waals surface area contributed by atoms with E-state index in [1.165, 1.54) is 14.7 Å². The van der Waals surface area contributed by atoms with E-state index in [0.717, 1.165) is 32.5 Å². The summed E-state index contributed by atoms with van der Waals surface area (Å²) in [6.45, 7) is 8.25. The highest BCUT2D eigenvalue weighted by atomic mass is 32.2. The van der Waals surface area contributed by atoms with Crippen LogP contribution in [0, 0.1) is 0 Å². The summed E-state index contributed by atoms with van der Waals surface area (Å²) in [5, 5.41) is 2.25. The zero-order valence-electron chi connectivity index (χ0n) is 9.84. The Morgan fingerprint density at radius 2 is 1.87 bits per heavy atom. The van der Waals surface area contributed by atoms with Gasteiger partial charge in [-0.1, -0.05) is 32.5 Å². The van der Waals surface area contributed by atoms with E-state index in [9.17, 15) is 0 Å². The summed E-state index contributed by atoms with van der Waals surface area (Å²) in [6, 6.07) is 0. The van der Waals surface area contributed by atoms with Gasteiger partial charge in [0.1, 0.15) is 0 Å². The van der Waals surface area contributed by atoms with E-state index in [-0.39, 0.29) is 0 Å². The van der Waals surface area contributed by atoms with Crippen molar-refractivity contribution in [3.8, 4) is 0 Å². The van der Waals surface area contributed by atoms with Crippen molar-refractivity contribution in [2.45, 2.75) is 40.0 Å². The van der Waals surface area contributed by atoms with Crippen LogP contribution in [0.5, 0.6) is 0 Å². The molecule has 0 atom stereocenters. The van der Waals surface area contributed by atoms with Crippen LogP contribution in [0.4, 0.5) is 0 Å². The smallest absolute Gasteiger partial charge is 0.0784 e. The third kappa shape index (κ3) is 4.25. The average Bonchev–Trinajstić information content (AvgIpc) is 2.29. The molecular weight excluding hydrogens is 224 g/mol. The van der Waals surface area contributed by atoms with Gasteiger partial charge >= 0.3 is 0 Å². The van der Waals surface area contributed by atoms with Gasteiger partial charge in [-0.15, -0.1) is 11.8 Å². The van der Waals surface area contributed by atoms with E-state index in [0.29, 0.717) is 0 Å². The Morgan fingerprint density at radius 1 is 1.13 bits per heavy atom. The first-order valence-electron chi connectivity index (χ1n) is 5.65. The molecule has 0 unspecified atom stereocenters. The van der Waals surface area contributed by atoms with Gasteiger partial charge in [0.15, 0.2) is 0 Å². The van der Waals surface area contributed by atoms with Crippen LogP contribution in [-0.2, 0) is 4.74 Å². The molecule has 0 aromatic heterocycles. The van der Waals surface area contributed by atoms with Crippen LogP contribution in [0.3, 0.4) is 0 Å². The van der Waals surface area contributed by atoms with Gasteiger partial charge in [-0.2, -0.15) is 0 Å². The lowest BCUT2D eigenvalue weighted by Crippen LogP contribution is -1.99. The third-order valence-electron chi connectivity index (χ3n) is 2.13. The number of hydrogen-bond donors (Lipinski definition) is 0. The van der Waals surface area contributed by atoms with Crippen LogP contribution < -0.4 is 0 Å². The summed E-state index contributed by atoms with van der Waals surface area (Å²) in [4.78, 5) is 4.42. The van der Waals surface area contributed by atoms with Crippen molar-refractivity contribution in [3.63, 3.8) is 0 Å². The molecule has 0 radical (unpaired) electrons. The molecule has 86 valence electrons. The molecule has 1 rings (SSSR count). The van der Waals surface area contributed by atoms with Gasteiger partial charge in [0.05, 0.1) is 6.61 Å². The number of hydrogen-bond acceptors (Lipinski definition) is 3. The van der Waals surface area contributed by atoms with Crippen LogP contribution in [0.1, 0.15) is 40.0 Å². The minimum Gasteiger partial charge on any atom is -0.376 e. The van der Waals surface area contributed by atoms with E-state index in [1.54, 1.807) is 0 Å². The fourth-order valence-corrected chi connectivity index (χ4v) is 3.62. The maximum absolute atomic E-state index is 5.56. The van der Waals surface area contributed by atoms with Crippen LogP contribution >= 0.6 is 23.5 Å². The summed E-state index contributed by atoms with van der Waals surface area (Å²) in [6.07, 6.45) is 3.40. The Balaban J connectivity index is 2.43. The van der Waals surface area contributed by atoms with E-state index in [2.05, 4.69) is 26.2 Å². The summed E-state index contributed by atoms with van der Waals surface area (Å²) in [5.74, 6) is 0. The molecule has 1 nitrogen and oxygen atoms in total. The first-order valence-corrected chi connectivity index (χ1v) is 7.34. The molecule has 1 aliphatic heterocycles. The first kappa shape index (κ1) is 13.2. The summed E-state index contributed by atoms with van der Waals surface area (Å²) in [7, 11) is 0. The molecule has 0 aromatic rings. The SMILES string of the molecule is CCCOCC1=CSC(CC)=C(CC)S1. The average molecular weight is 244 g/mol. The Morgan fingerprint density at radius 3 is 2.47 bits per heavy atom. The van der Waals surface area contributed by atoms with Crippen LogP contribution in [0.25, 0.3) is 0 Å². The molecule has 0 amide bonds. The normalized spacial score (nSPS) is 16.9. The fraction of sp³-hybridized carbons (Fsp3) is 0.667. The lowest BCUT2D eigenvalue weighted by atomic mass is 10.3. The Labute approximate surface area is 102 Å². The predicted octanol–water partition coefficient (Wildman–Crippen LogP) is 4.77. The zero-order valence-corrected chi connectivity index (χ0v) is 11.5. The Kier molecular flexibility index (Phi) is 6.53. The molecular formula is C12H20OS2. The monoisotopic (exact) mass is 244 g/mol. The van der Waals surface area contributed by atoms with Crippen molar-refractivity contribution in [2.75, 3.05) is 13.2 Å². The Bertz CT molecular complexity index is 256. The van der Waals surface area contributed by atoms with Crippen molar-refractivity contribution in [1.82, 2.24) is 0 Å². The minimum atomic E-state index is 0.784. The van der Waals surface area contributed by atoms with Gasteiger partial charge in [0.2, 0.25) is 0 Å². The highest BCUT2D eigenvalue weighted by Crippen LogP contribution is 2.42. The van der Waals surface area contributed by atoms with Crippen molar-refractivity contribution >= 4 is 23.5 Å². The molecule has 0 saturated carbocycles. The summed E-state index contributed by atoms with van der Waals surface area (Å²) < 4.78 is 5.56. The maximum Gasteiger partial charge on any atom is 0.0784 e. The van der Waals surface area contributed by atoms with Gasteiger partial charge < -0.3 is 4.74 Å². The predicted molar refractivity (Wildman–Crippen MR) is 72.0 cm³/mol. The van der Waals surface area contributed by atoms with Crippen molar-refractivity contribution in [2.24, 2.45) is 0 Å². The topological polar surface area (TPSA) is 9.23 Å². The van der Waals surface area contributed by atoms with Crippen LogP contribution in [-0.4, -0.2) is 13.2 Å². The van der Waals surface area contributed by atoms with Gasteiger partial charge in [-0.05, 0) is 34.5 Å². The lowest BCUT2D eigenvalue weighted by molar-refractivity contribution is 0.161. The number of ether oxygens (including phenoxy) is 1. The molecule has 3 heteroatoms. The second kappa shape index (κ2) is 7.42. The third-order valence-corrected chi connectivity index (χ3v) is 4.91. The second-order valence-corrected chi connectivity index (χ2v) is 5.60. The largest absolute Gasteiger partial charge is 0.376 e. The van der Waals surface area contributed by atoms with Crippen LogP contribution in [0.15, 0.2) is 20.1 Å². The van der Waals surface area contributed by atoms with Gasteiger partial charge in [-0.25, -0.2) is 0 Å². The standard InChI is InChI=1S/C12H20OS2/c1-4-7-13-8-10-9-14-11(5-2)12(6-3)15-10/h9H,4-8H2,1-3H3. The van der Waals surface area contributed by atoms with Crippen molar-refractivity contribution in [3.05, 3.63) is 20.1 Å². The van der Waals surface area contributed by atoms with E-state index >= 15 is 0 Å². The minimum absolute atomic E-state index is 0.784. The molecule has 0 aromatic carbocycles. The van der Waals surface area contributed by atoms with Crippen molar-refractivity contribution < 1.29 is 4.74 Å². The molecule has 0 aliphatic carbocycles. The van der Waals surface area contributed by atoms with E-state index in [4.69, 9.17) is 4.74 Å². The molecule has 0 fully saturated rings. The highest BCUT2D eigenvalue weighted by molar-refractivity contribution is 8.13. The quantitative estimate of drug-likeness (QED) is 0.623. The number of thioether (sulfide) groups is 2. The van der Waals surface area contributed by atoms with E-state index < -0.39 is 0 Å². The number of allylic oxidation sites excluding steroid dienone is 2. The van der Waals surface area contributed by atoms with Gasteiger partial charge in [0, 0.05) is 11.5 Å². The molecule has 0 N–H and O–H groups in total. The summed E-state index contributed by atoms with van der Waals surface area (Å²) >= 11 is 3.79. The van der Waals surface area contributed by atoms with Crippen LogP contribution in [0.2, 0.25) is 0 Å². The van der Waals surface area contributed by atoms with Gasteiger partial charge in [-0.3, -0.25) is 0 Å². The van der Waals surface area contributed by atoms with E-state index in [1.807, 2.05) is 23.5 Å². The molecule has 0 spiro atoms. The molecule has 1 heterocycles. The molecule has 1 aliphatic rings. The van der Waals surface area contributed by atoms with Crippen molar-refractivity contribution in [1.29, 1.82) is 0 Å². The van der Waals surface area contributed by atoms with Gasteiger partial charge in [0.25, 0.3) is 0 Å². The molecule has 0 saturated heterocycles. The first-order chi connectivity index (χ1) is 7.31. The highest BCUT2D eigenvalue weighted by Gasteiger charge is 2.13. The Hall–Kier alpha value is 0.140. The molecule has 15 heavy (non-hydrogen) atoms.